The van der Waals surface area contributed by atoms with E-state index in [1.165, 1.54) is 12.0 Å². The van der Waals surface area contributed by atoms with Crippen molar-refractivity contribution in [3.63, 3.8) is 0 Å². The van der Waals surface area contributed by atoms with E-state index in [1.807, 2.05) is 23.1 Å². The first-order chi connectivity index (χ1) is 11.1. The quantitative estimate of drug-likeness (QED) is 0.929. The van der Waals surface area contributed by atoms with Gasteiger partial charge >= 0.3 is 0 Å². The van der Waals surface area contributed by atoms with E-state index in [0.29, 0.717) is 11.3 Å². The van der Waals surface area contributed by atoms with Crippen LogP contribution in [-0.4, -0.2) is 43.6 Å². The van der Waals surface area contributed by atoms with Crippen LogP contribution in [-0.2, 0) is 4.79 Å². The van der Waals surface area contributed by atoms with Crippen molar-refractivity contribution >= 4 is 5.91 Å². The maximum Gasteiger partial charge on any atom is 0.260 e. The third-order valence-corrected chi connectivity index (χ3v) is 5.40. The highest BCUT2D eigenvalue weighted by molar-refractivity contribution is 5.77. The summed E-state index contributed by atoms with van der Waals surface area (Å²) in [5.74, 6) is 1.37. The minimum atomic E-state index is 0.112. The number of nitrogens with one attached hydrogen (secondary N) is 1. The van der Waals surface area contributed by atoms with Crippen LogP contribution in [0.5, 0.6) is 5.75 Å². The highest BCUT2D eigenvalue weighted by Gasteiger charge is 2.37. The molecule has 2 aliphatic rings. The number of piperidine rings is 1. The summed E-state index contributed by atoms with van der Waals surface area (Å²) < 4.78 is 5.73. The molecule has 4 heteroatoms. The van der Waals surface area contributed by atoms with Crippen molar-refractivity contribution in [2.75, 3.05) is 32.8 Å². The third kappa shape index (κ3) is 3.86. The normalized spacial score (nSPS) is 20.2. The molecule has 2 aliphatic heterocycles. The van der Waals surface area contributed by atoms with Gasteiger partial charge in [0.2, 0.25) is 0 Å². The van der Waals surface area contributed by atoms with Crippen LogP contribution in [0.3, 0.4) is 0 Å². The first-order valence-corrected chi connectivity index (χ1v) is 8.79. The van der Waals surface area contributed by atoms with Crippen molar-refractivity contribution in [3.8, 4) is 5.75 Å². The summed E-state index contributed by atoms with van der Waals surface area (Å²) >= 11 is 0. The fourth-order valence-corrected chi connectivity index (χ4v) is 3.65. The molecule has 2 heterocycles. The van der Waals surface area contributed by atoms with Gasteiger partial charge in [-0.15, -0.1) is 0 Å². The van der Waals surface area contributed by atoms with Crippen LogP contribution in [0.15, 0.2) is 24.3 Å². The summed E-state index contributed by atoms with van der Waals surface area (Å²) in [7, 11) is 0. The largest absolute Gasteiger partial charge is 0.484 e. The summed E-state index contributed by atoms with van der Waals surface area (Å²) in [6.45, 7) is 8.45. The van der Waals surface area contributed by atoms with Crippen molar-refractivity contribution in [2.45, 2.75) is 39.0 Å². The molecule has 0 saturated carbocycles. The maximum atomic E-state index is 12.4. The molecular weight excluding hydrogens is 288 g/mol. The van der Waals surface area contributed by atoms with Crippen molar-refractivity contribution in [1.82, 2.24) is 10.2 Å². The molecule has 1 amide bonds. The lowest BCUT2D eigenvalue weighted by Gasteiger charge is -2.38. The number of nitrogens with zero attached hydrogens (tertiary/aromatic N) is 1. The maximum absolute atomic E-state index is 12.4. The predicted molar refractivity (Wildman–Crippen MR) is 91.8 cm³/mol. The molecule has 1 spiro atoms. The van der Waals surface area contributed by atoms with Crippen molar-refractivity contribution in [1.29, 1.82) is 0 Å². The lowest BCUT2D eigenvalue weighted by Crippen LogP contribution is -2.45. The summed E-state index contributed by atoms with van der Waals surface area (Å²) in [5, 5.41) is 3.46. The van der Waals surface area contributed by atoms with Gasteiger partial charge in [0.1, 0.15) is 5.75 Å². The van der Waals surface area contributed by atoms with Crippen LogP contribution in [0.25, 0.3) is 0 Å². The molecule has 1 N–H and O–H groups in total. The molecule has 3 rings (SSSR count). The zero-order chi connectivity index (χ0) is 16.3. The molecule has 0 atom stereocenters. The first-order valence-electron chi connectivity index (χ1n) is 8.79. The number of hydrogen-bond acceptors (Lipinski definition) is 3. The Balaban J connectivity index is 1.49. The Labute approximate surface area is 139 Å². The zero-order valence-electron chi connectivity index (χ0n) is 14.3. The molecule has 23 heavy (non-hydrogen) atoms. The van der Waals surface area contributed by atoms with E-state index in [0.717, 1.165) is 44.8 Å². The van der Waals surface area contributed by atoms with Gasteiger partial charge in [-0.2, -0.15) is 0 Å². The molecule has 4 nitrogen and oxygen atoms in total. The van der Waals surface area contributed by atoms with Crippen molar-refractivity contribution in [3.05, 3.63) is 29.8 Å². The molecule has 2 fully saturated rings. The van der Waals surface area contributed by atoms with Crippen molar-refractivity contribution < 1.29 is 9.53 Å². The van der Waals surface area contributed by atoms with E-state index in [4.69, 9.17) is 4.74 Å². The van der Waals surface area contributed by atoms with Gasteiger partial charge < -0.3 is 15.0 Å². The van der Waals surface area contributed by atoms with Gasteiger partial charge in [-0.1, -0.05) is 26.0 Å². The second-order valence-electron chi connectivity index (χ2n) is 7.32. The fraction of sp³-hybridized carbons (Fsp3) is 0.632. The molecule has 1 aromatic carbocycles. The van der Waals surface area contributed by atoms with Gasteiger partial charge in [0, 0.05) is 19.6 Å². The van der Waals surface area contributed by atoms with Crippen LogP contribution < -0.4 is 10.1 Å². The van der Waals surface area contributed by atoms with E-state index in [9.17, 15) is 4.79 Å². The average molecular weight is 316 g/mol. The Morgan fingerprint density at radius 1 is 1.30 bits per heavy atom. The van der Waals surface area contributed by atoms with E-state index in [2.05, 4.69) is 25.2 Å². The smallest absolute Gasteiger partial charge is 0.260 e. The Morgan fingerprint density at radius 2 is 2.09 bits per heavy atom. The van der Waals surface area contributed by atoms with Gasteiger partial charge in [0.05, 0.1) is 0 Å². The molecule has 0 aliphatic carbocycles. The van der Waals surface area contributed by atoms with Gasteiger partial charge in [-0.3, -0.25) is 4.79 Å². The molecule has 0 bridgehead atoms. The van der Waals surface area contributed by atoms with Crippen LogP contribution in [0.2, 0.25) is 0 Å². The average Bonchev–Trinajstić information content (AvgIpc) is 3.01. The number of likely N-dealkylation sites (tertiary alicyclic amines) is 1. The Bertz CT molecular complexity index is 540. The Hall–Kier alpha value is -1.55. The van der Waals surface area contributed by atoms with Crippen LogP contribution >= 0.6 is 0 Å². The van der Waals surface area contributed by atoms with Crippen LogP contribution in [0.1, 0.15) is 44.6 Å². The highest BCUT2D eigenvalue weighted by Crippen LogP contribution is 2.36. The van der Waals surface area contributed by atoms with E-state index in [-0.39, 0.29) is 12.5 Å². The Kier molecular flexibility index (Phi) is 4.90. The lowest BCUT2D eigenvalue weighted by atomic mass is 9.78. The molecule has 0 aromatic heterocycles. The topological polar surface area (TPSA) is 41.6 Å². The molecule has 0 radical (unpaired) electrons. The monoisotopic (exact) mass is 316 g/mol. The van der Waals surface area contributed by atoms with Crippen molar-refractivity contribution in [2.24, 2.45) is 5.41 Å². The molecule has 1 aromatic rings. The van der Waals surface area contributed by atoms with Gasteiger partial charge in [-0.25, -0.2) is 0 Å². The summed E-state index contributed by atoms with van der Waals surface area (Å²) in [4.78, 5) is 14.3. The summed E-state index contributed by atoms with van der Waals surface area (Å²) in [6.07, 6.45) is 3.50. The Morgan fingerprint density at radius 3 is 2.74 bits per heavy atom. The molecule has 2 saturated heterocycles. The lowest BCUT2D eigenvalue weighted by molar-refractivity contribution is -0.135. The second-order valence-corrected chi connectivity index (χ2v) is 7.32. The minimum absolute atomic E-state index is 0.112. The summed E-state index contributed by atoms with van der Waals surface area (Å²) in [5.41, 5.74) is 1.69. The number of hydrogen-bond donors (Lipinski definition) is 1. The highest BCUT2D eigenvalue weighted by atomic mass is 16.5. The van der Waals surface area contributed by atoms with Gasteiger partial charge in [0.15, 0.2) is 6.61 Å². The first kappa shape index (κ1) is 16.3. The zero-order valence-corrected chi connectivity index (χ0v) is 14.3. The SMILES string of the molecule is CC(C)c1cccc(OCC(=O)N2CCC3(CCNC3)CC2)c1. The van der Waals surface area contributed by atoms with E-state index >= 15 is 0 Å². The fourth-order valence-electron chi connectivity index (χ4n) is 3.65. The predicted octanol–water partition coefficient (Wildman–Crippen LogP) is 2.79. The second kappa shape index (κ2) is 6.91. The number of carbonyl (C=O) groups is 1. The number of amides is 1. The van der Waals surface area contributed by atoms with E-state index < -0.39 is 0 Å². The third-order valence-electron chi connectivity index (χ3n) is 5.40. The van der Waals surface area contributed by atoms with Crippen LogP contribution in [0, 0.1) is 5.41 Å². The van der Waals surface area contributed by atoms with Crippen LogP contribution in [0.4, 0.5) is 0 Å². The number of benzene rings is 1. The molecule has 126 valence electrons. The number of ether oxygens (including phenoxy) is 1. The standard InChI is InChI=1S/C19H28N2O2/c1-15(2)16-4-3-5-17(12-16)23-13-18(22)21-10-7-19(8-11-21)6-9-20-14-19/h3-5,12,15,20H,6-11,13-14H2,1-2H3. The van der Waals surface area contributed by atoms with Gasteiger partial charge in [-0.05, 0) is 54.8 Å². The van der Waals surface area contributed by atoms with E-state index in [1.54, 1.807) is 0 Å². The minimum Gasteiger partial charge on any atom is -0.484 e. The molecule has 0 unspecified atom stereocenters. The summed E-state index contributed by atoms with van der Waals surface area (Å²) in [6, 6.07) is 8.05. The number of rotatable bonds is 4. The molecular formula is C19H28N2O2. The van der Waals surface area contributed by atoms with Gasteiger partial charge in [0.25, 0.3) is 5.91 Å². The number of carbonyl (C=O) groups excluding carboxylic acids is 1.